The van der Waals surface area contributed by atoms with E-state index in [0.717, 1.165) is 16.5 Å². The fourth-order valence-electron chi connectivity index (χ4n) is 2.74. The first-order chi connectivity index (χ1) is 11.0. The number of hydrogen-bond acceptors (Lipinski definition) is 2. The van der Waals surface area contributed by atoms with Crippen molar-refractivity contribution in [1.29, 1.82) is 0 Å². The Bertz CT molecular complexity index is 935. The predicted octanol–water partition coefficient (Wildman–Crippen LogP) is 2.72. The third-order valence-corrected chi connectivity index (χ3v) is 3.96. The number of carbonyl (C=O) groups excluding carboxylic acids is 1. The number of amides is 1. The zero-order valence-electron chi connectivity index (χ0n) is 13.5. The van der Waals surface area contributed by atoms with Crippen molar-refractivity contribution in [3.63, 3.8) is 0 Å². The van der Waals surface area contributed by atoms with Gasteiger partial charge in [-0.25, -0.2) is 0 Å². The quantitative estimate of drug-likeness (QED) is 0.808. The molecule has 5 heteroatoms. The van der Waals surface area contributed by atoms with Crippen molar-refractivity contribution >= 4 is 16.8 Å². The van der Waals surface area contributed by atoms with E-state index in [1.807, 2.05) is 37.4 Å². The van der Waals surface area contributed by atoms with Crippen LogP contribution in [0.3, 0.4) is 0 Å². The van der Waals surface area contributed by atoms with Gasteiger partial charge in [0.25, 0.3) is 11.5 Å². The summed E-state index contributed by atoms with van der Waals surface area (Å²) in [6, 6.07) is 9.39. The standard InChI is InChI=1S/C18H19N3O2/c1-4-21-11-15(14-8-9-19-16(14)18(21)23)12-6-5-7-13(10-12)17(22)20(2)3/h5-11,19H,4H2,1-3H3. The van der Waals surface area contributed by atoms with E-state index in [1.54, 1.807) is 35.8 Å². The Hall–Kier alpha value is -2.82. The largest absolute Gasteiger partial charge is 0.357 e. The van der Waals surface area contributed by atoms with E-state index in [-0.39, 0.29) is 11.5 Å². The number of fused-ring (bicyclic) bond motifs is 1. The van der Waals surface area contributed by atoms with Gasteiger partial charge in [0.05, 0.1) is 0 Å². The van der Waals surface area contributed by atoms with E-state index < -0.39 is 0 Å². The number of benzene rings is 1. The second-order valence-electron chi connectivity index (χ2n) is 5.68. The Morgan fingerprint density at radius 3 is 2.74 bits per heavy atom. The summed E-state index contributed by atoms with van der Waals surface area (Å²) >= 11 is 0. The van der Waals surface area contributed by atoms with Crippen LogP contribution in [0.2, 0.25) is 0 Å². The van der Waals surface area contributed by atoms with Gasteiger partial charge in [0.2, 0.25) is 0 Å². The average molecular weight is 309 g/mol. The lowest BCUT2D eigenvalue weighted by molar-refractivity contribution is 0.0827. The number of aryl methyl sites for hydroxylation is 1. The first-order valence-electron chi connectivity index (χ1n) is 7.55. The summed E-state index contributed by atoms with van der Waals surface area (Å²) in [5.41, 5.74) is 3.05. The molecule has 2 aromatic heterocycles. The molecular weight excluding hydrogens is 290 g/mol. The highest BCUT2D eigenvalue weighted by molar-refractivity contribution is 5.98. The third kappa shape index (κ3) is 2.54. The number of H-pyrrole nitrogens is 1. The van der Waals surface area contributed by atoms with Crippen LogP contribution in [-0.2, 0) is 6.54 Å². The Kier molecular flexibility index (Phi) is 3.78. The Labute approximate surface area is 134 Å². The van der Waals surface area contributed by atoms with Gasteiger partial charge in [-0.1, -0.05) is 12.1 Å². The Balaban J connectivity index is 2.23. The van der Waals surface area contributed by atoms with Crippen molar-refractivity contribution in [2.45, 2.75) is 13.5 Å². The van der Waals surface area contributed by atoms with Crippen LogP contribution in [0, 0.1) is 0 Å². The molecule has 1 aromatic carbocycles. The summed E-state index contributed by atoms with van der Waals surface area (Å²) in [7, 11) is 3.47. The zero-order valence-corrected chi connectivity index (χ0v) is 13.5. The van der Waals surface area contributed by atoms with E-state index >= 15 is 0 Å². The molecule has 0 atom stereocenters. The molecule has 3 aromatic rings. The van der Waals surface area contributed by atoms with Gasteiger partial charge in [-0.05, 0) is 30.7 Å². The molecule has 0 bridgehead atoms. The minimum Gasteiger partial charge on any atom is -0.357 e. The molecule has 0 unspecified atom stereocenters. The number of rotatable bonds is 3. The van der Waals surface area contributed by atoms with Crippen molar-refractivity contribution in [1.82, 2.24) is 14.5 Å². The van der Waals surface area contributed by atoms with Gasteiger partial charge >= 0.3 is 0 Å². The number of carbonyl (C=O) groups is 1. The molecular formula is C18H19N3O2. The summed E-state index contributed by atoms with van der Waals surface area (Å²) < 4.78 is 1.68. The van der Waals surface area contributed by atoms with Crippen LogP contribution in [0.25, 0.3) is 22.0 Å². The monoisotopic (exact) mass is 309 g/mol. The number of hydrogen-bond donors (Lipinski definition) is 1. The number of pyridine rings is 1. The number of aromatic amines is 1. The van der Waals surface area contributed by atoms with E-state index in [1.165, 1.54) is 0 Å². The molecule has 0 spiro atoms. The van der Waals surface area contributed by atoms with Gasteiger partial charge in [0, 0.05) is 49.5 Å². The lowest BCUT2D eigenvalue weighted by Crippen LogP contribution is -2.21. The maximum Gasteiger partial charge on any atom is 0.274 e. The lowest BCUT2D eigenvalue weighted by atomic mass is 10.0. The maximum absolute atomic E-state index is 12.3. The van der Waals surface area contributed by atoms with Crippen LogP contribution in [-0.4, -0.2) is 34.5 Å². The third-order valence-electron chi connectivity index (χ3n) is 3.96. The SMILES string of the molecule is CCn1cc(-c2cccc(C(=O)N(C)C)c2)c2cc[nH]c2c1=O. The molecule has 3 rings (SSSR count). The fraction of sp³-hybridized carbons (Fsp3) is 0.222. The van der Waals surface area contributed by atoms with Crippen molar-refractivity contribution in [2.75, 3.05) is 14.1 Å². The minimum absolute atomic E-state index is 0.0308. The van der Waals surface area contributed by atoms with Crippen molar-refractivity contribution in [3.8, 4) is 11.1 Å². The normalized spacial score (nSPS) is 10.9. The summed E-state index contributed by atoms with van der Waals surface area (Å²) in [6.45, 7) is 2.53. The van der Waals surface area contributed by atoms with Gasteiger partial charge in [0.15, 0.2) is 0 Å². The van der Waals surface area contributed by atoms with Gasteiger partial charge < -0.3 is 14.5 Å². The molecule has 1 N–H and O–H groups in total. The predicted molar refractivity (Wildman–Crippen MR) is 91.7 cm³/mol. The lowest BCUT2D eigenvalue weighted by Gasteiger charge is -2.13. The number of aromatic nitrogens is 2. The van der Waals surface area contributed by atoms with Crippen LogP contribution in [0.1, 0.15) is 17.3 Å². The molecule has 5 nitrogen and oxygen atoms in total. The van der Waals surface area contributed by atoms with Gasteiger partial charge in [-0.15, -0.1) is 0 Å². The fourth-order valence-corrected chi connectivity index (χ4v) is 2.74. The highest BCUT2D eigenvalue weighted by Gasteiger charge is 2.13. The molecule has 0 saturated carbocycles. The topological polar surface area (TPSA) is 58.1 Å². The second kappa shape index (κ2) is 5.76. The molecule has 1 amide bonds. The van der Waals surface area contributed by atoms with Gasteiger partial charge in [0.1, 0.15) is 5.52 Å². The Morgan fingerprint density at radius 1 is 1.26 bits per heavy atom. The van der Waals surface area contributed by atoms with E-state index in [9.17, 15) is 9.59 Å². The van der Waals surface area contributed by atoms with Crippen LogP contribution in [0.5, 0.6) is 0 Å². The van der Waals surface area contributed by atoms with Gasteiger partial charge in [-0.2, -0.15) is 0 Å². The smallest absolute Gasteiger partial charge is 0.274 e. The van der Waals surface area contributed by atoms with Crippen LogP contribution in [0.15, 0.2) is 47.5 Å². The molecule has 0 aliphatic heterocycles. The highest BCUT2D eigenvalue weighted by atomic mass is 16.2. The molecule has 0 radical (unpaired) electrons. The van der Waals surface area contributed by atoms with Crippen molar-refractivity contribution < 1.29 is 4.79 Å². The van der Waals surface area contributed by atoms with Gasteiger partial charge in [-0.3, -0.25) is 9.59 Å². The first kappa shape index (κ1) is 15.1. The summed E-state index contributed by atoms with van der Waals surface area (Å²) in [5.74, 6) is -0.0408. The molecule has 0 saturated heterocycles. The second-order valence-corrected chi connectivity index (χ2v) is 5.68. The average Bonchev–Trinajstić information content (AvgIpc) is 3.05. The molecule has 23 heavy (non-hydrogen) atoms. The summed E-state index contributed by atoms with van der Waals surface area (Å²) in [5, 5.41) is 0.870. The zero-order chi connectivity index (χ0) is 16.6. The molecule has 0 fully saturated rings. The highest BCUT2D eigenvalue weighted by Crippen LogP contribution is 2.27. The van der Waals surface area contributed by atoms with Crippen molar-refractivity contribution in [3.05, 3.63) is 58.6 Å². The van der Waals surface area contributed by atoms with Crippen LogP contribution >= 0.6 is 0 Å². The van der Waals surface area contributed by atoms with E-state index in [2.05, 4.69) is 4.98 Å². The number of nitrogens with zero attached hydrogens (tertiary/aromatic N) is 2. The first-order valence-corrected chi connectivity index (χ1v) is 7.55. The summed E-state index contributed by atoms with van der Waals surface area (Å²) in [4.78, 5) is 29.1. The molecule has 2 heterocycles. The maximum atomic E-state index is 12.3. The van der Waals surface area contributed by atoms with E-state index in [4.69, 9.17) is 0 Å². The minimum atomic E-state index is -0.0408. The van der Waals surface area contributed by atoms with E-state index in [0.29, 0.717) is 17.6 Å². The molecule has 118 valence electrons. The summed E-state index contributed by atoms with van der Waals surface area (Å²) in [6.07, 6.45) is 3.63. The molecule has 0 aliphatic rings. The number of nitrogens with one attached hydrogen (secondary N) is 1. The van der Waals surface area contributed by atoms with Crippen molar-refractivity contribution in [2.24, 2.45) is 0 Å². The Morgan fingerprint density at radius 2 is 2.04 bits per heavy atom. The van der Waals surface area contributed by atoms with Crippen LogP contribution in [0.4, 0.5) is 0 Å². The molecule has 0 aliphatic carbocycles. The van der Waals surface area contributed by atoms with Crippen LogP contribution < -0.4 is 5.56 Å².